The normalized spacial score (nSPS) is 12.7. The summed E-state index contributed by atoms with van der Waals surface area (Å²) in [6, 6.07) is 9.19. The van der Waals surface area contributed by atoms with Gasteiger partial charge in [0.2, 0.25) is 0 Å². The molecule has 0 fully saturated rings. The molecule has 0 amide bonds. The molecular weight excluding hydrogens is 243 g/mol. The number of hydrogen-bond acceptors (Lipinski definition) is 1. The molecular formula is C13H12ClFS. The zero-order valence-corrected chi connectivity index (χ0v) is 10.5. The van der Waals surface area contributed by atoms with E-state index < -0.39 is 0 Å². The Hall–Kier alpha value is -0.860. The Morgan fingerprint density at radius 3 is 2.81 bits per heavy atom. The average Bonchev–Trinajstić information content (AvgIpc) is 2.70. The standard InChI is InChI=1S/C13H12ClFS/c1-9-4-5-11(13(15)7-9)12(14)8-10-3-2-6-16-10/h2-7,12H,8H2,1H3. The van der Waals surface area contributed by atoms with Gasteiger partial charge in [0.1, 0.15) is 5.82 Å². The molecule has 0 aliphatic rings. The molecule has 0 radical (unpaired) electrons. The molecule has 0 N–H and O–H groups in total. The predicted octanol–water partition coefficient (Wildman–Crippen LogP) is 4.72. The molecule has 3 heteroatoms. The Morgan fingerprint density at radius 1 is 1.38 bits per heavy atom. The Labute approximate surface area is 104 Å². The van der Waals surface area contributed by atoms with Gasteiger partial charge in [0.15, 0.2) is 0 Å². The van der Waals surface area contributed by atoms with Crippen molar-refractivity contribution in [1.29, 1.82) is 0 Å². The van der Waals surface area contributed by atoms with E-state index in [9.17, 15) is 4.39 Å². The number of thiophene rings is 1. The summed E-state index contributed by atoms with van der Waals surface area (Å²) in [6.45, 7) is 1.87. The van der Waals surface area contributed by atoms with Gasteiger partial charge in [0.25, 0.3) is 0 Å². The number of aryl methyl sites for hydroxylation is 1. The van der Waals surface area contributed by atoms with Crippen LogP contribution in [-0.2, 0) is 6.42 Å². The number of alkyl halides is 1. The van der Waals surface area contributed by atoms with Gasteiger partial charge in [0, 0.05) is 16.9 Å². The van der Waals surface area contributed by atoms with Crippen LogP contribution >= 0.6 is 22.9 Å². The van der Waals surface area contributed by atoms with E-state index in [4.69, 9.17) is 11.6 Å². The highest BCUT2D eigenvalue weighted by atomic mass is 35.5. The van der Waals surface area contributed by atoms with E-state index in [1.807, 2.05) is 30.5 Å². The summed E-state index contributed by atoms with van der Waals surface area (Å²) in [5.41, 5.74) is 1.50. The monoisotopic (exact) mass is 254 g/mol. The van der Waals surface area contributed by atoms with Gasteiger partial charge in [-0.3, -0.25) is 0 Å². The lowest BCUT2D eigenvalue weighted by molar-refractivity contribution is 0.605. The minimum absolute atomic E-state index is 0.212. The summed E-state index contributed by atoms with van der Waals surface area (Å²) >= 11 is 7.87. The highest BCUT2D eigenvalue weighted by molar-refractivity contribution is 7.09. The Balaban J connectivity index is 2.17. The minimum atomic E-state index is -0.292. The second kappa shape index (κ2) is 4.98. The van der Waals surface area contributed by atoms with Gasteiger partial charge in [-0.2, -0.15) is 0 Å². The molecule has 2 rings (SSSR count). The number of benzene rings is 1. The van der Waals surface area contributed by atoms with Crippen LogP contribution < -0.4 is 0 Å². The molecule has 1 atom stereocenters. The van der Waals surface area contributed by atoms with Crippen molar-refractivity contribution in [2.24, 2.45) is 0 Å². The van der Waals surface area contributed by atoms with Crippen LogP contribution in [0.3, 0.4) is 0 Å². The topological polar surface area (TPSA) is 0 Å². The van der Waals surface area contributed by atoms with E-state index in [1.165, 1.54) is 10.9 Å². The lowest BCUT2D eigenvalue weighted by atomic mass is 10.1. The van der Waals surface area contributed by atoms with E-state index in [2.05, 4.69) is 0 Å². The molecule has 0 nitrogen and oxygen atoms in total. The van der Waals surface area contributed by atoms with Crippen LogP contribution in [0.2, 0.25) is 0 Å². The minimum Gasteiger partial charge on any atom is -0.207 e. The van der Waals surface area contributed by atoms with Crippen LogP contribution in [0.15, 0.2) is 35.7 Å². The van der Waals surface area contributed by atoms with Crippen LogP contribution in [0.5, 0.6) is 0 Å². The van der Waals surface area contributed by atoms with Crippen LogP contribution in [0.1, 0.15) is 21.4 Å². The summed E-state index contributed by atoms with van der Waals surface area (Å²) < 4.78 is 13.6. The van der Waals surface area contributed by atoms with Crippen molar-refractivity contribution in [2.75, 3.05) is 0 Å². The van der Waals surface area contributed by atoms with Gasteiger partial charge < -0.3 is 0 Å². The molecule has 1 aromatic heterocycles. The molecule has 0 bridgehead atoms. The fraction of sp³-hybridized carbons (Fsp3) is 0.231. The van der Waals surface area contributed by atoms with Crippen molar-refractivity contribution in [3.8, 4) is 0 Å². The molecule has 0 saturated carbocycles. The molecule has 2 aromatic rings. The first-order chi connectivity index (χ1) is 7.66. The maximum absolute atomic E-state index is 13.6. The van der Waals surface area contributed by atoms with Crippen molar-refractivity contribution in [3.05, 3.63) is 57.5 Å². The number of hydrogen-bond donors (Lipinski definition) is 0. The quantitative estimate of drug-likeness (QED) is 0.696. The SMILES string of the molecule is Cc1ccc(C(Cl)Cc2cccs2)c(F)c1. The van der Waals surface area contributed by atoms with Gasteiger partial charge in [-0.15, -0.1) is 22.9 Å². The van der Waals surface area contributed by atoms with Gasteiger partial charge in [-0.1, -0.05) is 18.2 Å². The highest BCUT2D eigenvalue weighted by Crippen LogP contribution is 2.29. The lowest BCUT2D eigenvalue weighted by Gasteiger charge is -2.10. The van der Waals surface area contributed by atoms with E-state index in [0.29, 0.717) is 12.0 Å². The van der Waals surface area contributed by atoms with Crippen molar-refractivity contribution in [1.82, 2.24) is 0 Å². The summed E-state index contributed by atoms with van der Waals surface area (Å²) in [7, 11) is 0. The molecule has 0 aliphatic carbocycles. The molecule has 1 aromatic carbocycles. The second-order valence-corrected chi connectivity index (χ2v) is 5.34. The molecule has 1 heterocycles. The fourth-order valence-electron chi connectivity index (χ4n) is 1.60. The van der Waals surface area contributed by atoms with E-state index in [0.717, 1.165) is 5.56 Å². The van der Waals surface area contributed by atoms with Crippen LogP contribution in [0.4, 0.5) is 4.39 Å². The van der Waals surface area contributed by atoms with E-state index >= 15 is 0 Å². The van der Waals surface area contributed by atoms with Crippen LogP contribution in [0.25, 0.3) is 0 Å². The largest absolute Gasteiger partial charge is 0.207 e. The molecule has 0 saturated heterocycles. The van der Waals surface area contributed by atoms with Gasteiger partial charge in [-0.25, -0.2) is 4.39 Å². The second-order valence-electron chi connectivity index (χ2n) is 3.78. The maximum Gasteiger partial charge on any atom is 0.128 e. The third-order valence-electron chi connectivity index (χ3n) is 2.45. The van der Waals surface area contributed by atoms with E-state index in [-0.39, 0.29) is 11.2 Å². The zero-order chi connectivity index (χ0) is 11.5. The summed E-state index contributed by atoms with van der Waals surface area (Å²) in [5.74, 6) is -0.212. The van der Waals surface area contributed by atoms with Crippen LogP contribution in [0, 0.1) is 12.7 Å². The van der Waals surface area contributed by atoms with Gasteiger partial charge in [-0.05, 0) is 30.0 Å². The first-order valence-electron chi connectivity index (χ1n) is 5.09. The summed E-state index contributed by atoms with van der Waals surface area (Å²) in [6.07, 6.45) is 0.680. The molecule has 84 valence electrons. The number of halogens is 2. The Bertz CT molecular complexity index is 465. The first-order valence-corrected chi connectivity index (χ1v) is 6.41. The van der Waals surface area contributed by atoms with Crippen molar-refractivity contribution in [2.45, 2.75) is 18.7 Å². The highest BCUT2D eigenvalue weighted by Gasteiger charge is 2.14. The average molecular weight is 255 g/mol. The first kappa shape index (κ1) is 11.6. The Kier molecular flexibility index (Phi) is 3.62. The third-order valence-corrected chi connectivity index (χ3v) is 3.74. The van der Waals surface area contributed by atoms with Crippen molar-refractivity contribution >= 4 is 22.9 Å². The predicted molar refractivity (Wildman–Crippen MR) is 67.8 cm³/mol. The molecule has 16 heavy (non-hydrogen) atoms. The molecule has 0 spiro atoms. The smallest absolute Gasteiger partial charge is 0.128 e. The van der Waals surface area contributed by atoms with Gasteiger partial charge >= 0.3 is 0 Å². The summed E-state index contributed by atoms with van der Waals surface area (Å²) in [5, 5.41) is 1.71. The zero-order valence-electron chi connectivity index (χ0n) is 8.91. The number of rotatable bonds is 3. The lowest BCUT2D eigenvalue weighted by Crippen LogP contribution is -1.98. The van der Waals surface area contributed by atoms with Crippen LogP contribution in [-0.4, -0.2) is 0 Å². The van der Waals surface area contributed by atoms with Crippen molar-refractivity contribution in [3.63, 3.8) is 0 Å². The molecule has 1 unspecified atom stereocenters. The molecule has 0 aliphatic heterocycles. The van der Waals surface area contributed by atoms with Gasteiger partial charge in [0.05, 0.1) is 5.38 Å². The third kappa shape index (κ3) is 2.63. The maximum atomic E-state index is 13.6. The fourth-order valence-corrected chi connectivity index (χ4v) is 2.79. The Morgan fingerprint density at radius 2 is 2.19 bits per heavy atom. The summed E-state index contributed by atoms with van der Waals surface area (Å²) in [4.78, 5) is 1.18. The van der Waals surface area contributed by atoms with E-state index in [1.54, 1.807) is 17.4 Å². The van der Waals surface area contributed by atoms with Crippen molar-refractivity contribution < 1.29 is 4.39 Å².